The second-order valence-electron chi connectivity index (χ2n) is 5.38. The van der Waals surface area contributed by atoms with E-state index >= 15 is 0 Å². The van der Waals surface area contributed by atoms with E-state index in [0.29, 0.717) is 17.8 Å². The van der Waals surface area contributed by atoms with E-state index in [-0.39, 0.29) is 5.69 Å². The highest BCUT2D eigenvalue weighted by atomic mass is 32.5. The molecule has 1 heterocycles. The first-order valence-electron chi connectivity index (χ1n) is 6.76. The topological polar surface area (TPSA) is 30.7 Å². The summed E-state index contributed by atoms with van der Waals surface area (Å²) in [6.45, 7) is 1.93. The summed E-state index contributed by atoms with van der Waals surface area (Å²) in [5, 5.41) is 7.76. The van der Waals surface area contributed by atoms with Crippen molar-refractivity contribution >= 4 is 10.2 Å². The van der Waals surface area contributed by atoms with Crippen LogP contribution in [-0.4, -0.2) is 15.0 Å². The molecule has 3 rings (SSSR count). The van der Waals surface area contributed by atoms with E-state index in [9.17, 15) is 19.4 Å². The fraction of sp³-hybridized carbons (Fsp3) is 0.0667. The average Bonchev–Trinajstić information content (AvgIpc) is 2.96. The maximum atomic E-state index is 12.7. The van der Waals surface area contributed by atoms with Gasteiger partial charge < -0.3 is 0 Å². The molecule has 0 bridgehead atoms. The molecule has 0 radical (unpaired) electrons. The minimum Gasteiger partial charge on any atom is -0.220 e. The molecule has 0 N–H and O–H groups in total. The third-order valence-corrected chi connectivity index (χ3v) is 4.55. The molecule has 0 unspecified atom stereocenters. The molecule has 2 aromatic carbocycles. The molecular weight excluding hydrogens is 349 g/mol. The quantitative estimate of drug-likeness (QED) is 0.544. The number of aromatic nitrogens is 3. The van der Waals surface area contributed by atoms with Gasteiger partial charge in [-0.15, -0.1) is 5.10 Å². The van der Waals surface area contributed by atoms with E-state index in [1.165, 1.54) is 10.9 Å². The molecule has 3 aromatic rings. The Balaban J connectivity index is 1.93. The van der Waals surface area contributed by atoms with Crippen LogP contribution in [-0.2, 0) is 0 Å². The zero-order valence-electron chi connectivity index (χ0n) is 12.3. The van der Waals surface area contributed by atoms with Gasteiger partial charge in [-0.25, -0.2) is 4.68 Å². The van der Waals surface area contributed by atoms with Crippen LogP contribution in [0.25, 0.3) is 16.9 Å². The number of rotatable bonds is 3. The zero-order chi connectivity index (χ0) is 17.7. The van der Waals surface area contributed by atoms with Crippen LogP contribution >= 0.6 is 10.2 Å². The highest BCUT2D eigenvalue weighted by Crippen LogP contribution is 3.02. The molecule has 0 atom stereocenters. The van der Waals surface area contributed by atoms with E-state index in [0.717, 1.165) is 23.3 Å². The molecule has 0 spiro atoms. The number of hydrogen-bond acceptors (Lipinski definition) is 2. The lowest BCUT2D eigenvalue weighted by Crippen LogP contribution is -2.06. The number of benzene rings is 2. The summed E-state index contributed by atoms with van der Waals surface area (Å²) >= 11 is 0. The van der Waals surface area contributed by atoms with Crippen molar-refractivity contribution in [3.8, 4) is 16.9 Å². The SMILES string of the molecule is Cc1ccc(-c2cn(-c3ccc(S(F)(F)(F)(F)F)cc3)nn2)cc1. The molecule has 0 fully saturated rings. The first kappa shape index (κ1) is 16.4. The monoisotopic (exact) mass is 361 g/mol. The van der Waals surface area contributed by atoms with E-state index in [4.69, 9.17) is 0 Å². The van der Waals surface area contributed by atoms with E-state index in [1.807, 2.05) is 31.2 Å². The Bertz CT molecular complexity index is 884. The zero-order valence-corrected chi connectivity index (χ0v) is 13.2. The molecule has 1 aromatic heterocycles. The molecule has 24 heavy (non-hydrogen) atoms. The van der Waals surface area contributed by atoms with Crippen molar-refractivity contribution in [3.63, 3.8) is 0 Å². The number of nitrogens with zero attached hydrogens (tertiary/aromatic N) is 3. The Hall–Kier alpha value is -2.42. The Morgan fingerprint density at radius 2 is 1.42 bits per heavy atom. The number of aryl methyl sites for hydroxylation is 1. The van der Waals surface area contributed by atoms with Crippen molar-refractivity contribution in [2.24, 2.45) is 0 Å². The van der Waals surface area contributed by atoms with Crippen LogP contribution in [0, 0.1) is 6.92 Å². The second kappa shape index (κ2) is 4.56. The largest absolute Gasteiger partial charge is 0.310 e. The summed E-state index contributed by atoms with van der Waals surface area (Å²) in [7, 11) is -9.66. The lowest BCUT2D eigenvalue weighted by molar-refractivity contribution is 0.364. The van der Waals surface area contributed by atoms with Crippen LogP contribution in [0.5, 0.6) is 0 Å². The van der Waals surface area contributed by atoms with Crippen molar-refractivity contribution in [2.45, 2.75) is 11.8 Å². The summed E-state index contributed by atoms with van der Waals surface area (Å²) in [6.07, 6.45) is 1.51. The standard InChI is InChI=1S/C15H12F5N3S/c1-11-2-4-12(5-3-11)15-10-23(22-21-15)13-6-8-14(9-7-13)24(16,17,18,19)20/h2-10H,1H3. The van der Waals surface area contributed by atoms with Crippen molar-refractivity contribution in [1.82, 2.24) is 15.0 Å². The smallest absolute Gasteiger partial charge is 0.220 e. The van der Waals surface area contributed by atoms with E-state index in [2.05, 4.69) is 10.3 Å². The van der Waals surface area contributed by atoms with Gasteiger partial charge in [-0.1, -0.05) is 54.5 Å². The predicted molar refractivity (Wildman–Crippen MR) is 82.9 cm³/mol. The van der Waals surface area contributed by atoms with E-state index in [1.54, 1.807) is 0 Å². The van der Waals surface area contributed by atoms with E-state index < -0.39 is 15.1 Å². The lowest BCUT2D eigenvalue weighted by Gasteiger charge is -2.40. The van der Waals surface area contributed by atoms with Crippen LogP contribution < -0.4 is 0 Å². The number of halogens is 5. The molecule has 3 nitrogen and oxygen atoms in total. The van der Waals surface area contributed by atoms with Gasteiger partial charge in [-0.3, -0.25) is 0 Å². The van der Waals surface area contributed by atoms with Gasteiger partial charge in [0.1, 0.15) is 10.6 Å². The Labute approximate surface area is 134 Å². The fourth-order valence-electron chi connectivity index (χ4n) is 2.10. The summed E-state index contributed by atoms with van der Waals surface area (Å²) < 4.78 is 64.8. The molecule has 128 valence electrons. The second-order valence-corrected chi connectivity index (χ2v) is 7.79. The van der Waals surface area contributed by atoms with Gasteiger partial charge >= 0.3 is 10.2 Å². The first-order valence-corrected chi connectivity index (χ1v) is 8.71. The average molecular weight is 361 g/mol. The van der Waals surface area contributed by atoms with Gasteiger partial charge in [-0.2, -0.15) is 0 Å². The van der Waals surface area contributed by atoms with Gasteiger partial charge in [0, 0.05) is 5.56 Å². The van der Waals surface area contributed by atoms with Gasteiger partial charge in [-0.05, 0) is 31.2 Å². The fourth-order valence-corrected chi connectivity index (χ4v) is 2.75. The van der Waals surface area contributed by atoms with Crippen LogP contribution in [0.1, 0.15) is 5.56 Å². The minimum absolute atomic E-state index is 0.200. The molecular formula is C15H12F5N3S. The minimum atomic E-state index is -9.66. The molecule has 0 saturated carbocycles. The Morgan fingerprint density at radius 3 is 1.96 bits per heavy atom. The Morgan fingerprint density at radius 1 is 0.833 bits per heavy atom. The number of hydrogen-bond donors (Lipinski definition) is 0. The molecule has 0 saturated heterocycles. The maximum Gasteiger partial charge on any atom is 0.310 e. The summed E-state index contributed by atoms with van der Waals surface area (Å²) in [4.78, 5) is -1.93. The lowest BCUT2D eigenvalue weighted by atomic mass is 10.1. The summed E-state index contributed by atoms with van der Waals surface area (Å²) in [6, 6.07) is 10.0. The third-order valence-electron chi connectivity index (χ3n) is 3.39. The maximum absolute atomic E-state index is 12.7. The van der Waals surface area contributed by atoms with Crippen LogP contribution in [0.3, 0.4) is 0 Å². The van der Waals surface area contributed by atoms with Gasteiger partial charge in [0.2, 0.25) is 0 Å². The molecule has 0 aliphatic heterocycles. The van der Waals surface area contributed by atoms with Crippen LogP contribution in [0.15, 0.2) is 59.6 Å². The summed E-state index contributed by atoms with van der Waals surface area (Å²) in [5.74, 6) is 0. The molecule has 9 heteroatoms. The highest BCUT2D eigenvalue weighted by molar-refractivity contribution is 8.45. The van der Waals surface area contributed by atoms with Crippen molar-refractivity contribution in [1.29, 1.82) is 0 Å². The predicted octanol–water partition coefficient (Wildman–Crippen LogP) is 5.90. The van der Waals surface area contributed by atoms with Crippen LogP contribution in [0.2, 0.25) is 0 Å². The van der Waals surface area contributed by atoms with Gasteiger partial charge in [0.25, 0.3) is 0 Å². The van der Waals surface area contributed by atoms with Crippen molar-refractivity contribution < 1.29 is 19.4 Å². The highest BCUT2D eigenvalue weighted by Gasteiger charge is 2.65. The van der Waals surface area contributed by atoms with Crippen molar-refractivity contribution in [3.05, 3.63) is 60.3 Å². The molecule has 0 aliphatic carbocycles. The molecule has 0 aliphatic rings. The first-order chi connectivity index (χ1) is 10.9. The third kappa shape index (κ3) is 3.40. The van der Waals surface area contributed by atoms with Gasteiger partial charge in [0.15, 0.2) is 0 Å². The molecule has 0 amide bonds. The normalized spacial score (nSPS) is 14.9. The summed E-state index contributed by atoms with van der Waals surface area (Å²) in [5.41, 5.74) is 2.58. The van der Waals surface area contributed by atoms with Crippen molar-refractivity contribution in [2.75, 3.05) is 0 Å². The Kier molecular flexibility index (Phi) is 3.13. The van der Waals surface area contributed by atoms with Crippen LogP contribution in [0.4, 0.5) is 19.4 Å². The van der Waals surface area contributed by atoms with Gasteiger partial charge in [0.05, 0.1) is 11.9 Å².